The summed E-state index contributed by atoms with van der Waals surface area (Å²) < 4.78 is 11.3. The fourth-order valence-corrected chi connectivity index (χ4v) is 2.91. The number of rotatable bonds is 7. The van der Waals surface area contributed by atoms with E-state index in [1.807, 2.05) is 0 Å². The molecule has 1 heterocycles. The quantitative estimate of drug-likeness (QED) is 0.296. The zero-order chi connectivity index (χ0) is 17.5. The maximum atomic E-state index is 11.7. The number of carbonyl (C=O) groups is 1. The van der Waals surface area contributed by atoms with Crippen molar-refractivity contribution in [2.45, 2.75) is 0 Å². The first-order valence-corrected chi connectivity index (χ1v) is 8.41. The van der Waals surface area contributed by atoms with E-state index in [0.717, 1.165) is 14.9 Å². The molecule has 8 nitrogen and oxygen atoms in total. The topological polar surface area (TPSA) is 103 Å². The first-order valence-electron chi connectivity index (χ1n) is 6.52. The third-order valence-corrected chi connectivity index (χ3v) is 4.49. The maximum Gasteiger partial charge on any atom is 0.324 e. The molecule has 0 aliphatic heterocycles. The van der Waals surface area contributed by atoms with Crippen LogP contribution in [0.4, 0.5) is 5.00 Å². The standard InChI is InChI=1S/C14H12IN3O5S/c1-22-9-2-4-12(11(15)6-9)23-8-13(19)17-16-7-10-3-5-14(24-10)18(20)21/h2-7H,8H2,1H3,(H,17,19)/b16-7+. The van der Waals surface area contributed by atoms with Crippen molar-refractivity contribution in [3.8, 4) is 11.5 Å². The van der Waals surface area contributed by atoms with Gasteiger partial charge in [-0.2, -0.15) is 5.10 Å². The van der Waals surface area contributed by atoms with E-state index in [-0.39, 0.29) is 11.6 Å². The molecule has 0 aliphatic carbocycles. The number of carbonyl (C=O) groups excluding carboxylic acids is 1. The van der Waals surface area contributed by atoms with Crippen LogP contribution in [0.25, 0.3) is 0 Å². The van der Waals surface area contributed by atoms with Crippen LogP contribution in [-0.4, -0.2) is 30.8 Å². The Kier molecular flexibility index (Phi) is 6.49. The summed E-state index contributed by atoms with van der Waals surface area (Å²) in [5.74, 6) is 0.819. The lowest BCUT2D eigenvalue weighted by Gasteiger charge is -2.08. The van der Waals surface area contributed by atoms with Gasteiger partial charge in [-0.3, -0.25) is 14.9 Å². The molecule has 0 unspecified atom stereocenters. The molecule has 1 N–H and O–H groups in total. The van der Waals surface area contributed by atoms with Crippen LogP contribution < -0.4 is 14.9 Å². The number of hydrazone groups is 1. The van der Waals surface area contributed by atoms with Crippen LogP contribution in [0.15, 0.2) is 35.4 Å². The van der Waals surface area contributed by atoms with Crippen molar-refractivity contribution < 1.29 is 19.2 Å². The number of nitrogens with zero attached hydrogens (tertiary/aromatic N) is 2. The molecule has 0 radical (unpaired) electrons. The molecule has 0 bridgehead atoms. The minimum Gasteiger partial charge on any atom is -0.497 e. The Hall–Kier alpha value is -2.21. The van der Waals surface area contributed by atoms with Gasteiger partial charge < -0.3 is 9.47 Å². The summed E-state index contributed by atoms with van der Waals surface area (Å²) in [5, 5.41) is 14.3. The fourth-order valence-electron chi connectivity index (χ4n) is 1.58. The van der Waals surface area contributed by atoms with Gasteiger partial charge in [0.1, 0.15) is 11.5 Å². The molecule has 2 aromatic rings. The van der Waals surface area contributed by atoms with Crippen LogP contribution in [-0.2, 0) is 4.79 Å². The summed E-state index contributed by atoms with van der Waals surface area (Å²) in [6.45, 7) is -0.204. The first-order chi connectivity index (χ1) is 11.5. The van der Waals surface area contributed by atoms with Gasteiger partial charge in [0.05, 0.1) is 26.7 Å². The lowest BCUT2D eigenvalue weighted by Crippen LogP contribution is -2.24. The number of benzene rings is 1. The molecule has 10 heteroatoms. The molecule has 0 saturated heterocycles. The van der Waals surface area contributed by atoms with Crippen molar-refractivity contribution >= 4 is 51.1 Å². The molecule has 126 valence electrons. The van der Waals surface area contributed by atoms with Crippen molar-refractivity contribution in [2.75, 3.05) is 13.7 Å². The Balaban J connectivity index is 1.82. The largest absolute Gasteiger partial charge is 0.497 e. The smallest absolute Gasteiger partial charge is 0.324 e. The number of nitrogens with one attached hydrogen (secondary N) is 1. The summed E-state index contributed by atoms with van der Waals surface area (Å²) in [4.78, 5) is 22.3. The highest BCUT2D eigenvalue weighted by molar-refractivity contribution is 14.1. The SMILES string of the molecule is COc1ccc(OCC(=O)N/N=C/c2ccc([N+](=O)[O-])s2)c(I)c1. The molecule has 0 fully saturated rings. The second kappa shape index (κ2) is 8.59. The lowest BCUT2D eigenvalue weighted by molar-refractivity contribution is -0.380. The Bertz CT molecular complexity index is 778. The molecule has 2 rings (SSSR count). The van der Waals surface area contributed by atoms with E-state index >= 15 is 0 Å². The fraction of sp³-hybridized carbons (Fsp3) is 0.143. The third-order valence-electron chi connectivity index (χ3n) is 2.67. The Morgan fingerprint density at radius 2 is 2.25 bits per heavy atom. The Labute approximate surface area is 154 Å². The number of hydrogen-bond donors (Lipinski definition) is 1. The van der Waals surface area contributed by atoms with Gasteiger partial charge in [-0.05, 0) is 46.9 Å². The van der Waals surface area contributed by atoms with Gasteiger partial charge in [0.25, 0.3) is 5.91 Å². The van der Waals surface area contributed by atoms with E-state index in [9.17, 15) is 14.9 Å². The normalized spacial score (nSPS) is 10.6. The maximum absolute atomic E-state index is 11.7. The van der Waals surface area contributed by atoms with Crippen LogP contribution in [0.1, 0.15) is 4.88 Å². The van der Waals surface area contributed by atoms with Crippen molar-refractivity contribution in [1.29, 1.82) is 0 Å². The molecular weight excluding hydrogens is 449 g/mol. The predicted octanol–water partition coefficient (Wildman–Crippen LogP) is 2.80. The molecule has 0 aliphatic rings. The number of amides is 1. The van der Waals surface area contributed by atoms with Crippen molar-refractivity contribution in [3.05, 3.63) is 48.9 Å². The van der Waals surface area contributed by atoms with Crippen LogP contribution in [0.3, 0.4) is 0 Å². The van der Waals surface area contributed by atoms with E-state index in [2.05, 4.69) is 33.1 Å². The number of nitro groups is 1. The summed E-state index contributed by atoms with van der Waals surface area (Å²) in [7, 11) is 1.57. The minimum atomic E-state index is -0.481. The monoisotopic (exact) mass is 461 g/mol. The molecule has 0 atom stereocenters. The summed E-state index contributed by atoms with van der Waals surface area (Å²) >= 11 is 3.04. The van der Waals surface area contributed by atoms with E-state index in [4.69, 9.17) is 9.47 Å². The molecule has 0 spiro atoms. The summed E-state index contributed by atoms with van der Waals surface area (Å²) in [5.41, 5.74) is 2.30. The Morgan fingerprint density at radius 1 is 1.46 bits per heavy atom. The minimum absolute atomic E-state index is 0.0141. The van der Waals surface area contributed by atoms with Gasteiger partial charge in [0.15, 0.2) is 6.61 Å². The predicted molar refractivity (Wildman–Crippen MR) is 97.9 cm³/mol. The van der Waals surface area contributed by atoms with Crippen LogP contribution >= 0.6 is 33.9 Å². The van der Waals surface area contributed by atoms with E-state index in [1.165, 1.54) is 12.3 Å². The summed E-state index contributed by atoms with van der Waals surface area (Å²) in [6, 6.07) is 8.16. The molecule has 1 amide bonds. The second-order valence-corrected chi connectivity index (χ2v) is 6.57. The van der Waals surface area contributed by atoms with E-state index < -0.39 is 10.8 Å². The van der Waals surface area contributed by atoms with Crippen molar-refractivity contribution in [3.63, 3.8) is 0 Å². The Morgan fingerprint density at radius 3 is 2.88 bits per heavy atom. The number of thiophene rings is 1. The van der Waals surface area contributed by atoms with Gasteiger partial charge in [-0.25, -0.2) is 5.43 Å². The van der Waals surface area contributed by atoms with E-state index in [1.54, 1.807) is 31.4 Å². The van der Waals surface area contributed by atoms with Gasteiger partial charge >= 0.3 is 5.00 Å². The van der Waals surface area contributed by atoms with Crippen LogP contribution in [0.2, 0.25) is 0 Å². The summed E-state index contributed by atoms with van der Waals surface area (Å²) in [6.07, 6.45) is 1.34. The van der Waals surface area contributed by atoms with Crippen molar-refractivity contribution in [1.82, 2.24) is 5.43 Å². The molecule has 1 aromatic heterocycles. The third kappa shape index (κ3) is 5.16. The first kappa shape index (κ1) is 18.1. The molecule has 24 heavy (non-hydrogen) atoms. The number of ether oxygens (including phenoxy) is 2. The second-order valence-electron chi connectivity index (χ2n) is 4.31. The zero-order valence-electron chi connectivity index (χ0n) is 12.4. The van der Waals surface area contributed by atoms with Crippen LogP contribution in [0.5, 0.6) is 11.5 Å². The van der Waals surface area contributed by atoms with Gasteiger partial charge in [0.2, 0.25) is 0 Å². The van der Waals surface area contributed by atoms with Crippen LogP contribution in [0, 0.1) is 13.7 Å². The molecule has 0 saturated carbocycles. The van der Waals surface area contributed by atoms with Gasteiger partial charge in [-0.1, -0.05) is 11.3 Å². The van der Waals surface area contributed by atoms with Gasteiger partial charge in [-0.15, -0.1) is 0 Å². The number of hydrogen-bond acceptors (Lipinski definition) is 7. The number of methoxy groups -OCH3 is 1. The highest BCUT2D eigenvalue weighted by Gasteiger charge is 2.09. The average molecular weight is 461 g/mol. The van der Waals surface area contributed by atoms with Gasteiger partial charge in [0, 0.05) is 6.07 Å². The zero-order valence-corrected chi connectivity index (χ0v) is 15.4. The number of halogens is 1. The van der Waals surface area contributed by atoms with Crippen molar-refractivity contribution in [2.24, 2.45) is 5.10 Å². The van der Waals surface area contributed by atoms with E-state index in [0.29, 0.717) is 16.4 Å². The lowest BCUT2D eigenvalue weighted by atomic mass is 10.3. The molecular formula is C14H12IN3O5S. The average Bonchev–Trinajstić information content (AvgIpc) is 3.02. The highest BCUT2D eigenvalue weighted by Crippen LogP contribution is 2.25. The highest BCUT2D eigenvalue weighted by atomic mass is 127. The molecule has 1 aromatic carbocycles.